The van der Waals surface area contributed by atoms with Gasteiger partial charge >= 0.3 is 12.0 Å². The fraction of sp³-hybridized carbons (Fsp3) is 0.556. The van der Waals surface area contributed by atoms with Crippen molar-refractivity contribution in [2.24, 2.45) is 0 Å². The van der Waals surface area contributed by atoms with E-state index in [1.165, 1.54) is 11.0 Å². The van der Waals surface area contributed by atoms with Gasteiger partial charge in [-0.3, -0.25) is 0 Å². The number of morpholine rings is 1. The van der Waals surface area contributed by atoms with Crippen molar-refractivity contribution in [1.82, 2.24) is 10.2 Å². The van der Waals surface area contributed by atoms with E-state index >= 15 is 0 Å². The van der Waals surface area contributed by atoms with Crippen LogP contribution in [0.3, 0.4) is 0 Å². The molecule has 0 aliphatic carbocycles. The molecule has 0 bridgehead atoms. The van der Waals surface area contributed by atoms with E-state index in [2.05, 4.69) is 11.9 Å². The molecule has 0 saturated carbocycles. The Morgan fingerprint density at radius 2 is 2.40 bits per heavy atom. The minimum Gasteiger partial charge on any atom is -0.480 e. The van der Waals surface area contributed by atoms with Crippen LogP contribution in [0.2, 0.25) is 0 Å². The van der Waals surface area contributed by atoms with Crippen LogP contribution in [0.15, 0.2) is 12.7 Å². The lowest BCUT2D eigenvalue weighted by atomic mass is 10.2. The molecule has 0 aromatic carbocycles. The second kappa shape index (κ2) is 5.35. The maximum atomic E-state index is 11.5. The van der Waals surface area contributed by atoms with E-state index in [4.69, 9.17) is 9.84 Å². The number of urea groups is 1. The summed E-state index contributed by atoms with van der Waals surface area (Å²) in [4.78, 5) is 23.6. The molecule has 15 heavy (non-hydrogen) atoms. The molecule has 2 N–H and O–H groups in total. The smallest absolute Gasteiger partial charge is 0.328 e. The van der Waals surface area contributed by atoms with Gasteiger partial charge in [0.1, 0.15) is 0 Å². The summed E-state index contributed by atoms with van der Waals surface area (Å²) in [5.74, 6) is -1.05. The van der Waals surface area contributed by atoms with Crippen LogP contribution in [-0.2, 0) is 9.53 Å². The number of hydrogen-bond acceptors (Lipinski definition) is 3. The molecule has 1 atom stereocenters. The lowest BCUT2D eigenvalue weighted by molar-refractivity contribution is -0.147. The predicted molar refractivity (Wildman–Crippen MR) is 52.5 cm³/mol. The second-order valence-corrected chi connectivity index (χ2v) is 3.10. The van der Waals surface area contributed by atoms with Crippen LogP contribution >= 0.6 is 0 Å². The van der Waals surface area contributed by atoms with Crippen LogP contribution in [0.25, 0.3) is 0 Å². The fourth-order valence-corrected chi connectivity index (χ4v) is 1.31. The molecular weight excluding hydrogens is 200 g/mol. The predicted octanol–water partition coefficient (Wildman–Crippen LogP) is -0.333. The molecule has 6 heteroatoms. The molecule has 1 heterocycles. The summed E-state index contributed by atoms with van der Waals surface area (Å²) in [6, 6.07) is -1.30. The number of rotatable bonds is 3. The Balaban J connectivity index is 2.58. The standard InChI is InChI=1S/C9H14N2O4/c1-2-3-10-9(14)11-4-5-15-6-7(11)8(12)13/h2,7H,1,3-6H2,(H,10,14)(H,12,13). The Labute approximate surface area is 87.5 Å². The van der Waals surface area contributed by atoms with Crippen LogP contribution in [-0.4, -0.2) is 54.4 Å². The van der Waals surface area contributed by atoms with Crippen LogP contribution in [0.4, 0.5) is 4.79 Å². The number of amides is 2. The molecular formula is C9H14N2O4. The monoisotopic (exact) mass is 214 g/mol. The van der Waals surface area contributed by atoms with E-state index in [0.29, 0.717) is 19.7 Å². The molecule has 6 nitrogen and oxygen atoms in total. The summed E-state index contributed by atoms with van der Waals surface area (Å²) in [5.41, 5.74) is 0. The van der Waals surface area contributed by atoms with Gasteiger partial charge in [-0.25, -0.2) is 9.59 Å². The molecule has 1 aliphatic heterocycles. The SMILES string of the molecule is C=CCNC(=O)N1CCOCC1C(=O)O. The minimum atomic E-state index is -1.05. The fourth-order valence-electron chi connectivity index (χ4n) is 1.31. The van der Waals surface area contributed by atoms with E-state index in [9.17, 15) is 9.59 Å². The van der Waals surface area contributed by atoms with Gasteiger partial charge in [0.15, 0.2) is 6.04 Å². The largest absolute Gasteiger partial charge is 0.480 e. The molecule has 1 unspecified atom stereocenters. The molecule has 2 amide bonds. The summed E-state index contributed by atoms with van der Waals surface area (Å²) in [6.45, 7) is 4.48. The van der Waals surface area contributed by atoms with Crippen LogP contribution in [0.1, 0.15) is 0 Å². The number of carboxylic acid groups (broad SMARTS) is 1. The van der Waals surface area contributed by atoms with Crippen molar-refractivity contribution in [2.45, 2.75) is 6.04 Å². The zero-order valence-electron chi connectivity index (χ0n) is 8.31. The van der Waals surface area contributed by atoms with E-state index in [1.54, 1.807) is 0 Å². The van der Waals surface area contributed by atoms with Crippen molar-refractivity contribution in [3.05, 3.63) is 12.7 Å². The van der Waals surface area contributed by atoms with Crippen molar-refractivity contribution < 1.29 is 19.4 Å². The van der Waals surface area contributed by atoms with E-state index in [0.717, 1.165) is 0 Å². The van der Waals surface area contributed by atoms with Crippen molar-refractivity contribution in [1.29, 1.82) is 0 Å². The Morgan fingerprint density at radius 3 is 3.00 bits per heavy atom. The minimum absolute atomic E-state index is 0.0385. The van der Waals surface area contributed by atoms with Gasteiger partial charge in [0, 0.05) is 13.1 Å². The normalized spacial score (nSPS) is 20.8. The third-order valence-corrected chi connectivity index (χ3v) is 2.07. The van der Waals surface area contributed by atoms with Crippen molar-refractivity contribution >= 4 is 12.0 Å². The number of aliphatic carboxylic acids is 1. The second-order valence-electron chi connectivity index (χ2n) is 3.10. The highest BCUT2D eigenvalue weighted by Crippen LogP contribution is 2.07. The highest BCUT2D eigenvalue weighted by molar-refractivity contribution is 5.83. The molecule has 0 aromatic rings. The molecule has 1 aliphatic rings. The third-order valence-electron chi connectivity index (χ3n) is 2.07. The van der Waals surface area contributed by atoms with Gasteiger partial charge in [-0.15, -0.1) is 6.58 Å². The van der Waals surface area contributed by atoms with E-state index in [1.807, 2.05) is 0 Å². The molecule has 0 aromatic heterocycles. The van der Waals surface area contributed by atoms with Gasteiger partial charge in [0.2, 0.25) is 0 Å². The first-order valence-corrected chi connectivity index (χ1v) is 4.62. The number of carboxylic acids is 1. The topological polar surface area (TPSA) is 78.9 Å². The van der Waals surface area contributed by atoms with Gasteiger partial charge < -0.3 is 20.1 Å². The Hall–Kier alpha value is -1.56. The molecule has 84 valence electrons. The summed E-state index contributed by atoms with van der Waals surface area (Å²) in [5, 5.41) is 11.4. The summed E-state index contributed by atoms with van der Waals surface area (Å²) in [7, 11) is 0. The highest BCUT2D eigenvalue weighted by atomic mass is 16.5. The summed E-state index contributed by atoms with van der Waals surface area (Å²) in [6.07, 6.45) is 1.54. The number of nitrogens with one attached hydrogen (secondary N) is 1. The van der Waals surface area contributed by atoms with Crippen LogP contribution in [0.5, 0.6) is 0 Å². The maximum absolute atomic E-state index is 11.5. The number of nitrogens with zero attached hydrogens (tertiary/aromatic N) is 1. The zero-order valence-corrected chi connectivity index (χ0v) is 8.31. The molecule has 0 radical (unpaired) electrons. The van der Waals surface area contributed by atoms with Gasteiger partial charge in [0.25, 0.3) is 0 Å². The highest BCUT2D eigenvalue weighted by Gasteiger charge is 2.32. The number of hydrogen-bond donors (Lipinski definition) is 2. The Kier molecular flexibility index (Phi) is 4.11. The summed E-state index contributed by atoms with van der Waals surface area (Å²) >= 11 is 0. The van der Waals surface area contributed by atoms with Gasteiger partial charge in [-0.2, -0.15) is 0 Å². The van der Waals surface area contributed by atoms with E-state index in [-0.39, 0.29) is 6.61 Å². The van der Waals surface area contributed by atoms with Crippen LogP contribution < -0.4 is 5.32 Å². The third kappa shape index (κ3) is 2.95. The number of carbonyl (C=O) groups is 2. The first-order valence-electron chi connectivity index (χ1n) is 4.62. The lowest BCUT2D eigenvalue weighted by Gasteiger charge is -2.32. The maximum Gasteiger partial charge on any atom is 0.328 e. The molecule has 0 spiro atoms. The van der Waals surface area contributed by atoms with Crippen LogP contribution in [0, 0.1) is 0 Å². The van der Waals surface area contributed by atoms with E-state index < -0.39 is 18.0 Å². The zero-order chi connectivity index (χ0) is 11.3. The Bertz CT molecular complexity index is 267. The van der Waals surface area contributed by atoms with Crippen molar-refractivity contribution in [2.75, 3.05) is 26.3 Å². The average molecular weight is 214 g/mol. The van der Waals surface area contributed by atoms with Gasteiger partial charge in [-0.05, 0) is 0 Å². The van der Waals surface area contributed by atoms with Crippen molar-refractivity contribution in [3.63, 3.8) is 0 Å². The van der Waals surface area contributed by atoms with Gasteiger partial charge in [0.05, 0.1) is 13.2 Å². The van der Waals surface area contributed by atoms with Gasteiger partial charge in [-0.1, -0.05) is 6.08 Å². The first kappa shape index (κ1) is 11.5. The average Bonchev–Trinajstić information content (AvgIpc) is 2.25. The first-order chi connectivity index (χ1) is 7.16. The number of carbonyl (C=O) groups excluding carboxylic acids is 1. The van der Waals surface area contributed by atoms with Crippen molar-refractivity contribution in [3.8, 4) is 0 Å². The Morgan fingerprint density at radius 1 is 1.67 bits per heavy atom. The number of ether oxygens (including phenoxy) is 1. The quantitative estimate of drug-likeness (QED) is 0.630. The molecule has 1 fully saturated rings. The molecule has 1 saturated heterocycles. The molecule has 1 rings (SSSR count). The summed E-state index contributed by atoms with van der Waals surface area (Å²) < 4.78 is 5.01. The lowest BCUT2D eigenvalue weighted by Crippen LogP contribution is -2.55.